The highest BCUT2D eigenvalue weighted by Gasteiger charge is 2.30. The third kappa shape index (κ3) is 4.72. The molecule has 1 aromatic rings. The monoisotopic (exact) mass is 292 g/mol. The zero-order valence-electron chi connectivity index (χ0n) is 13.9. The number of piperidine rings is 1. The average molecular weight is 292 g/mol. The summed E-state index contributed by atoms with van der Waals surface area (Å²) >= 11 is 0. The molecule has 2 N–H and O–H groups in total. The van der Waals surface area contributed by atoms with Crippen LogP contribution in [0, 0.1) is 13.8 Å². The van der Waals surface area contributed by atoms with E-state index < -0.39 is 6.10 Å². The third-order valence-corrected chi connectivity index (χ3v) is 4.65. The second-order valence-corrected chi connectivity index (χ2v) is 6.80. The van der Waals surface area contributed by atoms with E-state index in [-0.39, 0.29) is 0 Å². The number of aliphatic hydroxyl groups excluding tert-OH is 1. The second-order valence-electron chi connectivity index (χ2n) is 6.80. The van der Waals surface area contributed by atoms with Crippen LogP contribution in [0.2, 0.25) is 0 Å². The molecule has 1 heterocycles. The number of hydrogen-bond donors (Lipinski definition) is 2. The molecule has 118 valence electrons. The Hall–Kier alpha value is -1.06. The summed E-state index contributed by atoms with van der Waals surface area (Å²) in [7, 11) is 0. The summed E-state index contributed by atoms with van der Waals surface area (Å²) in [5, 5.41) is 10.3. The third-order valence-electron chi connectivity index (χ3n) is 4.65. The van der Waals surface area contributed by atoms with Crippen molar-refractivity contribution in [1.29, 1.82) is 0 Å². The van der Waals surface area contributed by atoms with Gasteiger partial charge in [-0.15, -0.1) is 0 Å². The first-order valence-electron chi connectivity index (χ1n) is 8.20. The van der Waals surface area contributed by atoms with Crippen molar-refractivity contribution in [2.75, 3.05) is 13.2 Å². The Kier molecular flexibility index (Phi) is 5.65. The van der Waals surface area contributed by atoms with E-state index in [0.29, 0.717) is 18.7 Å². The normalized spacial score (nSPS) is 27.4. The fourth-order valence-electron chi connectivity index (χ4n) is 3.53. The molecule has 4 atom stereocenters. The maximum atomic E-state index is 10.3. The van der Waals surface area contributed by atoms with Gasteiger partial charge in [0, 0.05) is 0 Å². The van der Waals surface area contributed by atoms with Crippen LogP contribution in [0.4, 0.5) is 0 Å². The van der Waals surface area contributed by atoms with Gasteiger partial charge in [0.2, 0.25) is 0 Å². The molecule has 3 nitrogen and oxygen atoms in total. The lowest BCUT2D eigenvalue weighted by Crippen LogP contribution is -3.20. The predicted octanol–water partition coefficient (Wildman–Crippen LogP) is 1.89. The quantitative estimate of drug-likeness (QED) is 0.869. The van der Waals surface area contributed by atoms with Gasteiger partial charge < -0.3 is 14.7 Å². The molecular weight excluding hydrogens is 262 g/mol. The number of nitrogens with one attached hydrogen (secondary N) is 1. The van der Waals surface area contributed by atoms with Gasteiger partial charge in [0.1, 0.15) is 25.0 Å². The summed E-state index contributed by atoms with van der Waals surface area (Å²) in [5.41, 5.74) is 2.40. The lowest BCUT2D eigenvalue weighted by molar-refractivity contribution is -0.954. The van der Waals surface area contributed by atoms with Crippen molar-refractivity contribution in [3.8, 4) is 5.75 Å². The van der Waals surface area contributed by atoms with E-state index in [4.69, 9.17) is 4.74 Å². The Morgan fingerprint density at radius 2 is 1.71 bits per heavy atom. The van der Waals surface area contributed by atoms with E-state index in [1.54, 1.807) is 0 Å². The summed E-state index contributed by atoms with van der Waals surface area (Å²) in [6.07, 6.45) is 3.46. The van der Waals surface area contributed by atoms with Crippen molar-refractivity contribution in [3.05, 3.63) is 29.3 Å². The molecule has 0 bridgehead atoms. The maximum Gasteiger partial charge on any atom is 0.137 e. The Balaban J connectivity index is 1.85. The summed E-state index contributed by atoms with van der Waals surface area (Å²) in [6.45, 7) is 9.89. The largest absolute Gasteiger partial charge is 0.491 e. The molecule has 21 heavy (non-hydrogen) atoms. The molecule has 0 saturated carbocycles. The van der Waals surface area contributed by atoms with Crippen LogP contribution in [0.5, 0.6) is 5.75 Å². The maximum absolute atomic E-state index is 10.3. The first-order chi connectivity index (χ1) is 9.95. The van der Waals surface area contributed by atoms with Crippen molar-refractivity contribution in [2.45, 2.75) is 65.1 Å². The number of likely N-dealkylation sites (tertiary alicyclic amines) is 1. The topological polar surface area (TPSA) is 33.9 Å². The van der Waals surface area contributed by atoms with Gasteiger partial charge in [-0.05, 0) is 70.2 Å². The lowest BCUT2D eigenvalue weighted by atomic mass is 9.97. The first-order valence-corrected chi connectivity index (χ1v) is 8.20. The molecule has 0 spiro atoms. The highest BCUT2D eigenvalue weighted by molar-refractivity contribution is 5.32. The molecule has 2 rings (SSSR count). The fourth-order valence-corrected chi connectivity index (χ4v) is 3.53. The summed E-state index contributed by atoms with van der Waals surface area (Å²) in [5.74, 6) is 0.862. The van der Waals surface area contributed by atoms with Crippen molar-refractivity contribution in [3.63, 3.8) is 0 Å². The minimum Gasteiger partial charge on any atom is -0.491 e. The van der Waals surface area contributed by atoms with Crippen LogP contribution in [0.15, 0.2) is 18.2 Å². The predicted molar refractivity (Wildman–Crippen MR) is 86.0 cm³/mol. The van der Waals surface area contributed by atoms with Gasteiger partial charge in [0.05, 0.1) is 12.1 Å². The van der Waals surface area contributed by atoms with Crippen LogP contribution in [0.25, 0.3) is 0 Å². The molecule has 3 heteroatoms. The molecule has 1 aliphatic rings. The standard InChI is InChI=1S/C18H29NO2/c1-13-8-14(2)10-18(9-13)21-12-17(20)11-19-15(3)6-5-7-16(19)4/h8-10,15-17,20H,5-7,11-12H2,1-4H3/p+1/t15-,16+,17-/m1/s1. The number of rotatable bonds is 5. The van der Waals surface area contributed by atoms with E-state index in [1.165, 1.54) is 35.3 Å². The van der Waals surface area contributed by atoms with Gasteiger partial charge in [0.15, 0.2) is 0 Å². The Bertz CT molecular complexity index is 430. The SMILES string of the molecule is Cc1cc(C)cc(OC[C@H](O)C[NH+]2[C@H](C)CCC[C@@H]2C)c1. The molecule has 0 aromatic heterocycles. The molecule has 0 amide bonds. The van der Waals surface area contributed by atoms with Crippen LogP contribution in [-0.4, -0.2) is 36.4 Å². The van der Waals surface area contributed by atoms with Gasteiger partial charge in [-0.3, -0.25) is 0 Å². The van der Waals surface area contributed by atoms with Gasteiger partial charge in [-0.1, -0.05) is 6.07 Å². The van der Waals surface area contributed by atoms with Crippen LogP contribution >= 0.6 is 0 Å². The van der Waals surface area contributed by atoms with E-state index >= 15 is 0 Å². The van der Waals surface area contributed by atoms with Crippen molar-refractivity contribution < 1.29 is 14.7 Å². The van der Waals surface area contributed by atoms with Crippen molar-refractivity contribution in [2.24, 2.45) is 0 Å². The van der Waals surface area contributed by atoms with E-state index in [9.17, 15) is 5.11 Å². The number of aryl methyl sites for hydroxylation is 2. The van der Waals surface area contributed by atoms with E-state index in [1.807, 2.05) is 12.1 Å². The molecule has 1 fully saturated rings. The fraction of sp³-hybridized carbons (Fsp3) is 0.667. The Morgan fingerprint density at radius 1 is 1.14 bits per heavy atom. The molecular formula is C18H30NO2+. The van der Waals surface area contributed by atoms with E-state index in [0.717, 1.165) is 12.3 Å². The van der Waals surface area contributed by atoms with Crippen LogP contribution in [0.3, 0.4) is 0 Å². The molecule has 0 radical (unpaired) electrons. The minimum atomic E-state index is -0.399. The summed E-state index contributed by atoms with van der Waals surface area (Å²) in [6, 6.07) is 7.47. The van der Waals surface area contributed by atoms with Crippen LogP contribution in [0.1, 0.15) is 44.2 Å². The highest BCUT2D eigenvalue weighted by atomic mass is 16.5. The number of hydrogen-bond acceptors (Lipinski definition) is 2. The summed E-state index contributed by atoms with van der Waals surface area (Å²) in [4.78, 5) is 1.53. The van der Waals surface area contributed by atoms with Gasteiger partial charge in [-0.2, -0.15) is 0 Å². The van der Waals surface area contributed by atoms with Gasteiger partial charge in [0.25, 0.3) is 0 Å². The molecule has 1 aliphatic heterocycles. The van der Waals surface area contributed by atoms with Gasteiger partial charge in [-0.25, -0.2) is 0 Å². The molecule has 1 saturated heterocycles. The van der Waals surface area contributed by atoms with E-state index in [2.05, 4.69) is 33.8 Å². The number of quaternary nitrogens is 1. The number of aliphatic hydroxyl groups is 1. The first kappa shape index (κ1) is 16.3. The zero-order chi connectivity index (χ0) is 15.4. The summed E-state index contributed by atoms with van der Waals surface area (Å²) < 4.78 is 5.78. The Morgan fingerprint density at radius 3 is 2.29 bits per heavy atom. The number of ether oxygens (including phenoxy) is 1. The van der Waals surface area contributed by atoms with Crippen molar-refractivity contribution >= 4 is 0 Å². The van der Waals surface area contributed by atoms with Crippen molar-refractivity contribution in [1.82, 2.24) is 0 Å². The lowest BCUT2D eigenvalue weighted by Gasteiger charge is -2.36. The smallest absolute Gasteiger partial charge is 0.137 e. The second kappa shape index (κ2) is 7.28. The van der Waals surface area contributed by atoms with Crippen LogP contribution in [-0.2, 0) is 0 Å². The molecule has 0 aliphatic carbocycles. The van der Waals surface area contributed by atoms with Crippen LogP contribution < -0.4 is 9.64 Å². The Labute approximate surface area is 128 Å². The molecule has 1 unspecified atom stereocenters. The average Bonchev–Trinajstić information content (AvgIpc) is 2.40. The zero-order valence-corrected chi connectivity index (χ0v) is 13.9. The number of benzene rings is 1. The highest BCUT2D eigenvalue weighted by Crippen LogP contribution is 2.16. The molecule has 1 aromatic carbocycles. The van der Waals surface area contributed by atoms with Gasteiger partial charge >= 0.3 is 0 Å². The minimum absolute atomic E-state index is 0.381.